The molecule has 3 aromatic rings. The Labute approximate surface area is 119 Å². The second-order valence-corrected chi connectivity index (χ2v) is 4.48. The smallest absolute Gasteiger partial charge is 0.163 e. The van der Waals surface area contributed by atoms with Crippen LogP contribution < -0.4 is 9.47 Å². The molecule has 0 atom stereocenters. The monoisotopic (exact) mass is 284 g/mol. The third kappa shape index (κ3) is 2.20. The molecule has 8 nitrogen and oxygen atoms in total. The van der Waals surface area contributed by atoms with E-state index < -0.39 is 0 Å². The van der Waals surface area contributed by atoms with Gasteiger partial charge in [0.1, 0.15) is 26.1 Å². The highest BCUT2D eigenvalue weighted by atomic mass is 16.6. The molecule has 2 aromatic heterocycles. The Kier molecular flexibility index (Phi) is 2.77. The molecule has 0 radical (unpaired) electrons. The van der Waals surface area contributed by atoms with E-state index >= 15 is 0 Å². The fraction of sp³-hybridized carbons (Fsp3) is 0.231. The third-order valence-corrected chi connectivity index (χ3v) is 3.14. The van der Waals surface area contributed by atoms with Gasteiger partial charge in [-0.05, 0) is 12.1 Å². The Morgan fingerprint density at radius 3 is 2.67 bits per heavy atom. The van der Waals surface area contributed by atoms with Crippen LogP contribution in [0.4, 0.5) is 0 Å². The highest BCUT2D eigenvalue weighted by Crippen LogP contribution is 2.31. The normalized spacial score (nSPS) is 13.3. The number of nitrogens with zero attached hydrogens (tertiary/aromatic N) is 6. The van der Waals surface area contributed by atoms with Crippen LogP contribution in [0, 0.1) is 0 Å². The molecule has 0 N–H and O–H groups in total. The number of aromatic nitrogens is 6. The van der Waals surface area contributed by atoms with Crippen molar-refractivity contribution in [3.63, 3.8) is 0 Å². The van der Waals surface area contributed by atoms with Gasteiger partial charge in [0, 0.05) is 6.07 Å². The average Bonchev–Trinajstić information content (AvgIpc) is 3.19. The van der Waals surface area contributed by atoms with Crippen LogP contribution in [0.2, 0.25) is 0 Å². The minimum atomic E-state index is 0.446. The Hall–Kier alpha value is -2.90. The summed E-state index contributed by atoms with van der Waals surface area (Å²) in [5.74, 6) is 2.21. The quantitative estimate of drug-likeness (QED) is 0.703. The van der Waals surface area contributed by atoms with E-state index in [9.17, 15) is 0 Å². The molecule has 3 heterocycles. The molecule has 0 unspecified atom stereocenters. The Balaban J connectivity index is 1.69. The molecule has 0 spiro atoms. The van der Waals surface area contributed by atoms with E-state index in [1.165, 1.54) is 6.33 Å². The second kappa shape index (κ2) is 4.89. The van der Waals surface area contributed by atoms with Gasteiger partial charge in [0.25, 0.3) is 0 Å². The lowest BCUT2D eigenvalue weighted by Crippen LogP contribution is -2.16. The van der Waals surface area contributed by atoms with Crippen LogP contribution in [0.25, 0.3) is 5.69 Å². The first-order valence-electron chi connectivity index (χ1n) is 6.53. The van der Waals surface area contributed by atoms with Gasteiger partial charge in [-0.2, -0.15) is 20.1 Å². The van der Waals surface area contributed by atoms with Crippen molar-refractivity contribution >= 4 is 0 Å². The zero-order chi connectivity index (χ0) is 14.1. The summed E-state index contributed by atoms with van der Waals surface area (Å²) in [6, 6.07) is 5.69. The van der Waals surface area contributed by atoms with Gasteiger partial charge in [0.15, 0.2) is 17.3 Å². The van der Waals surface area contributed by atoms with Crippen molar-refractivity contribution < 1.29 is 9.47 Å². The molecule has 0 bridgehead atoms. The fourth-order valence-corrected chi connectivity index (χ4v) is 2.20. The highest BCUT2D eigenvalue weighted by molar-refractivity contribution is 5.49. The van der Waals surface area contributed by atoms with E-state index in [1.54, 1.807) is 21.9 Å². The lowest BCUT2D eigenvalue weighted by Gasteiger charge is -2.19. The van der Waals surface area contributed by atoms with E-state index in [0.29, 0.717) is 19.8 Å². The first-order chi connectivity index (χ1) is 10.4. The topological polar surface area (TPSA) is 79.9 Å². The molecule has 0 saturated carbocycles. The number of benzene rings is 1. The van der Waals surface area contributed by atoms with Crippen molar-refractivity contribution in [2.75, 3.05) is 13.2 Å². The lowest BCUT2D eigenvalue weighted by atomic mass is 10.2. The maximum Gasteiger partial charge on any atom is 0.163 e. The minimum Gasteiger partial charge on any atom is -0.486 e. The van der Waals surface area contributed by atoms with Crippen molar-refractivity contribution in [2.45, 2.75) is 6.54 Å². The molecule has 8 heteroatoms. The molecule has 0 fully saturated rings. The Morgan fingerprint density at radius 2 is 1.81 bits per heavy atom. The summed E-state index contributed by atoms with van der Waals surface area (Å²) in [5.41, 5.74) is 0.860. The van der Waals surface area contributed by atoms with Crippen LogP contribution in [0.3, 0.4) is 0 Å². The van der Waals surface area contributed by atoms with Crippen molar-refractivity contribution in [1.82, 2.24) is 29.8 Å². The predicted octanol–water partition coefficient (Wildman–Crippen LogP) is 0.678. The largest absolute Gasteiger partial charge is 0.486 e. The third-order valence-electron chi connectivity index (χ3n) is 3.14. The summed E-state index contributed by atoms with van der Waals surface area (Å²) < 4.78 is 12.8. The zero-order valence-corrected chi connectivity index (χ0v) is 11.1. The highest BCUT2D eigenvalue weighted by Gasteiger charge is 2.14. The first kappa shape index (κ1) is 11.9. The predicted molar refractivity (Wildman–Crippen MR) is 71.5 cm³/mol. The van der Waals surface area contributed by atoms with Gasteiger partial charge in [-0.1, -0.05) is 0 Å². The lowest BCUT2D eigenvalue weighted by molar-refractivity contribution is 0.171. The van der Waals surface area contributed by atoms with Gasteiger partial charge in [0.05, 0.1) is 18.1 Å². The average molecular weight is 284 g/mol. The standard InChI is InChI=1S/C13H12N6O2/c1-2-11-12(21-6-5-20-11)7-10(1)19-13(14-9-17-19)8-18-15-3-4-16-18/h1-4,7,9H,5-6,8H2. The Bertz CT molecular complexity index is 752. The van der Waals surface area contributed by atoms with Crippen molar-refractivity contribution in [2.24, 2.45) is 0 Å². The zero-order valence-electron chi connectivity index (χ0n) is 11.1. The molecule has 1 aromatic carbocycles. The fourth-order valence-electron chi connectivity index (χ4n) is 2.20. The minimum absolute atomic E-state index is 0.446. The molecular formula is C13H12N6O2. The maximum absolute atomic E-state index is 5.59. The van der Waals surface area contributed by atoms with Gasteiger partial charge in [-0.3, -0.25) is 0 Å². The van der Waals surface area contributed by atoms with Crippen LogP contribution in [0.15, 0.2) is 36.9 Å². The van der Waals surface area contributed by atoms with Crippen LogP contribution in [-0.2, 0) is 6.54 Å². The van der Waals surface area contributed by atoms with Gasteiger partial charge in [-0.25, -0.2) is 9.67 Å². The number of hydrogen-bond acceptors (Lipinski definition) is 6. The molecular weight excluding hydrogens is 272 g/mol. The van der Waals surface area contributed by atoms with E-state index in [4.69, 9.17) is 9.47 Å². The summed E-state index contributed by atoms with van der Waals surface area (Å²) >= 11 is 0. The molecule has 106 valence electrons. The molecule has 21 heavy (non-hydrogen) atoms. The SMILES string of the molecule is c1cnn(Cc2ncnn2-c2ccc3c(c2)OCCO3)n1. The van der Waals surface area contributed by atoms with Gasteiger partial charge in [0.2, 0.25) is 0 Å². The van der Waals surface area contributed by atoms with Gasteiger partial charge < -0.3 is 9.47 Å². The van der Waals surface area contributed by atoms with Gasteiger partial charge in [-0.15, -0.1) is 0 Å². The number of rotatable bonds is 3. The van der Waals surface area contributed by atoms with Crippen molar-refractivity contribution in [3.8, 4) is 17.2 Å². The summed E-state index contributed by atoms with van der Waals surface area (Å²) in [6.45, 7) is 1.57. The molecule has 0 aliphatic carbocycles. The molecule has 1 aliphatic rings. The summed E-state index contributed by atoms with van der Waals surface area (Å²) in [4.78, 5) is 5.81. The van der Waals surface area contributed by atoms with E-state index in [1.807, 2.05) is 18.2 Å². The first-order valence-corrected chi connectivity index (χ1v) is 6.53. The van der Waals surface area contributed by atoms with Crippen molar-refractivity contribution in [1.29, 1.82) is 0 Å². The molecule has 4 rings (SSSR count). The molecule has 0 saturated heterocycles. The van der Waals surface area contributed by atoms with E-state index in [-0.39, 0.29) is 0 Å². The summed E-state index contributed by atoms with van der Waals surface area (Å²) in [6.07, 6.45) is 4.77. The van der Waals surface area contributed by atoms with Crippen LogP contribution >= 0.6 is 0 Å². The van der Waals surface area contributed by atoms with Crippen LogP contribution in [0.1, 0.15) is 5.82 Å². The maximum atomic E-state index is 5.59. The van der Waals surface area contributed by atoms with Gasteiger partial charge >= 0.3 is 0 Å². The Morgan fingerprint density at radius 1 is 1.00 bits per heavy atom. The molecule has 1 aliphatic heterocycles. The molecule has 0 amide bonds. The van der Waals surface area contributed by atoms with Crippen LogP contribution in [0.5, 0.6) is 11.5 Å². The number of ether oxygens (including phenoxy) is 2. The number of hydrogen-bond donors (Lipinski definition) is 0. The summed E-state index contributed by atoms with van der Waals surface area (Å²) in [7, 11) is 0. The summed E-state index contributed by atoms with van der Waals surface area (Å²) in [5, 5.41) is 12.4. The van der Waals surface area contributed by atoms with E-state index in [2.05, 4.69) is 20.3 Å². The second-order valence-electron chi connectivity index (χ2n) is 4.48. The number of fused-ring (bicyclic) bond motifs is 1. The van der Waals surface area contributed by atoms with E-state index in [0.717, 1.165) is 23.0 Å². The van der Waals surface area contributed by atoms with Crippen LogP contribution in [-0.4, -0.2) is 43.0 Å². The van der Waals surface area contributed by atoms with Crippen molar-refractivity contribution in [3.05, 3.63) is 42.7 Å².